The molecule has 0 unspecified atom stereocenters. The summed E-state index contributed by atoms with van der Waals surface area (Å²) >= 11 is 0. The third-order valence-corrected chi connectivity index (χ3v) is 6.53. The molecule has 4 aliphatic rings. The number of hydrogen-bond donors (Lipinski definition) is 1. The van der Waals surface area contributed by atoms with Crippen LogP contribution in [0.5, 0.6) is 0 Å². The van der Waals surface area contributed by atoms with Crippen molar-refractivity contribution in [2.45, 2.75) is 57.3 Å². The number of fused-ring (bicyclic) bond motifs is 1. The smallest absolute Gasteiger partial charge is 1.00 e. The van der Waals surface area contributed by atoms with Crippen LogP contribution in [0.3, 0.4) is 0 Å². The van der Waals surface area contributed by atoms with Crippen molar-refractivity contribution < 1.29 is 167 Å². The summed E-state index contributed by atoms with van der Waals surface area (Å²) in [5, 5.41) is 13.0. The fraction of sp³-hybridized carbons (Fsp3) is 0.429. The van der Waals surface area contributed by atoms with Gasteiger partial charge in [0, 0.05) is 30.2 Å². The van der Waals surface area contributed by atoms with Gasteiger partial charge in [-0.15, -0.1) is 0 Å². The fourth-order valence-electron chi connectivity index (χ4n) is 3.78. The van der Waals surface area contributed by atoms with Crippen molar-refractivity contribution in [2.24, 2.45) is 17.8 Å². The van der Waals surface area contributed by atoms with Gasteiger partial charge < -0.3 is 40.3 Å². The van der Waals surface area contributed by atoms with E-state index in [9.17, 15) is 14.4 Å². The van der Waals surface area contributed by atoms with Crippen LogP contribution >= 0.6 is 0 Å². The van der Waals surface area contributed by atoms with Crippen LogP contribution in [-0.4, -0.2) is 33.8 Å². The molecule has 14 heteroatoms. The number of rotatable bonds is 6. The average molecular weight is 743 g/mol. The van der Waals surface area contributed by atoms with Gasteiger partial charge in [0.05, 0.1) is 28.6 Å². The van der Waals surface area contributed by atoms with E-state index in [0.29, 0.717) is 11.7 Å². The van der Waals surface area contributed by atoms with Crippen LogP contribution in [0, 0.1) is 17.8 Å². The Morgan fingerprint density at radius 3 is 1.83 bits per heavy atom. The standard InChI is InChI=1S/C14H14N2O.C8H10O3.C5H7N2.CH2O3.HI.2K.H/c17-14(10-6-7-10)12-11-3-1-2-8-16(11)15-13(12)9-4-5-9;9-7(5-1-2-5)11-8(10)6-3-4-6;6-7-4-2-1-3-5-7;2-1-4-3;;;;/h1-3,8-10H,4-7H2;5-6H,1-4H2;1-5H,6H2;1,3H;1H;;;/q;;+1;;;2*+1;-1/p-2. The second kappa shape index (κ2) is 20.1. The van der Waals surface area contributed by atoms with Crippen LogP contribution in [0.15, 0.2) is 55.0 Å². The third-order valence-electron chi connectivity index (χ3n) is 6.53. The third kappa shape index (κ3) is 13.1. The first-order chi connectivity index (χ1) is 18.9. The Bertz CT molecular complexity index is 1300. The molecule has 0 saturated heterocycles. The van der Waals surface area contributed by atoms with Gasteiger partial charge in [-0.2, -0.15) is 5.10 Å². The van der Waals surface area contributed by atoms with E-state index in [1.165, 1.54) is 17.5 Å². The number of hydrogen-bond acceptors (Lipinski definition) is 9. The molecule has 2 N–H and O–H groups in total. The number of nitrogens with zero attached hydrogens (tertiary/aromatic N) is 3. The SMILES string of the molecule is N[n+]1ccccc1.O=C(OC(=O)C1CC1)C1CC1.O=C(c1c(C2CC2)nn2ccccc12)C1CC1.O=CO[O-].[H-].[I-].[K+].[K+]. The van der Waals surface area contributed by atoms with Gasteiger partial charge in [-0.3, -0.25) is 19.2 Å². The van der Waals surface area contributed by atoms with Crippen molar-refractivity contribution in [1.29, 1.82) is 0 Å². The number of halogens is 1. The molecule has 4 saturated carbocycles. The maximum atomic E-state index is 12.4. The number of aromatic nitrogens is 3. The van der Waals surface area contributed by atoms with Crippen molar-refractivity contribution in [2.75, 3.05) is 5.84 Å². The van der Waals surface area contributed by atoms with Crippen LogP contribution in [-0.2, 0) is 24.0 Å². The van der Waals surface area contributed by atoms with E-state index in [-0.39, 0.29) is 164 Å². The predicted molar refractivity (Wildman–Crippen MR) is 136 cm³/mol. The summed E-state index contributed by atoms with van der Waals surface area (Å²) in [6.45, 7) is -0.181. The summed E-state index contributed by atoms with van der Waals surface area (Å²) < 4.78 is 7.98. The molecule has 11 nitrogen and oxygen atoms in total. The Morgan fingerprint density at radius 2 is 1.43 bits per heavy atom. The Labute approximate surface area is 347 Å². The predicted octanol–water partition coefficient (Wildman–Crippen LogP) is -7.07. The van der Waals surface area contributed by atoms with Gasteiger partial charge >= 0.3 is 115 Å². The molecule has 4 aliphatic carbocycles. The van der Waals surface area contributed by atoms with Crippen molar-refractivity contribution in [3.63, 3.8) is 0 Å². The number of pyridine rings is 2. The summed E-state index contributed by atoms with van der Waals surface area (Å²) in [6.07, 6.45) is 13.6. The van der Waals surface area contributed by atoms with Crippen LogP contribution in [0.2, 0.25) is 0 Å². The first-order valence-electron chi connectivity index (χ1n) is 13.1. The van der Waals surface area contributed by atoms with Crippen molar-refractivity contribution in [3.8, 4) is 0 Å². The quantitative estimate of drug-likeness (QED) is 0.0248. The first-order valence-corrected chi connectivity index (χ1v) is 13.1. The van der Waals surface area contributed by atoms with E-state index in [1.54, 1.807) is 12.4 Å². The van der Waals surface area contributed by atoms with Gasteiger partial charge in [0.2, 0.25) is 0 Å². The van der Waals surface area contributed by atoms with Gasteiger partial charge in [-0.05, 0) is 63.5 Å². The van der Waals surface area contributed by atoms with Gasteiger partial charge in [0.1, 0.15) is 0 Å². The number of ketones is 1. The normalized spacial score (nSPS) is 15.9. The maximum absolute atomic E-state index is 12.4. The van der Waals surface area contributed by atoms with Gasteiger partial charge in [-0.25, -0.2) is 10.4 Å². The van der Waals surface area contributed by atoms with Crippen LogP contribution in [0.4, 0.5) is 0 Å². The Balaban J connectivity index is 0.000000595. The van der Waals surface area contributed by atoms with E-state index < -0.39 is 0 Å². The molecular formula is C28H33IK2N4O7. The largest absolute Gasteiger partial charge is 1.00 e. The molecule has 0 aliphatic heterocycles. The number of nitrogens with two attached hydrogens (primary N) is 1. The summed E-state index contributed by atoms with van der Waals surface area (Å²) in [5.41, 5.74) is 2.95. The van der Waals surface area contributed by atoms with Crippen molar-refractivity contribution >= 4 is 29.7 Å². The summed E-state index contributed by atoms with van der Waals surface area (Å²) in [4.78, 5) is 45.4. The first kappa shape index (κ1) is 39.9. The molecule has 0 amide bonds. The number of Topliss-reactive ketones (excluding diaryl/α,β-unsaturated/α-hetero) is 1. The molecule has 0 spiro atoms. The van der Waals surface area contributed by atoms with Gasteiger partial charge in [0.25, 0.3) is 6.47 Å². The minimum atomic E-state index is -0.304. The molecule has 3 aromatic heterocycles. The molecule has 216 valence electrons. The van der Waals surface area contributed by atoms with E-state index in [4.69, 9.17) is 15.9 Å². The minimum Gasteiger partial charge on any atom is -1.00 e. The Kier molecular flexibility index (Phi) is 19.1. The molecule has 0 aromatic carbocycles. The Morgan fingerprint density at radius 1 is 0.905 bits per heavy atom. The summed E-state index contributed by atoms with van der Waals surface area (Å²) in [5.74, 6) is 5.89. The molecule has 42 heavy (non-hydrogen) atoms. The van der Waals surface area contributed by atoms with Gasteiger partial charge in [0.15, 0.2) is 18.2 Å². The zero-order chi connectivity index (χ0) is 27.8. The molecular weight excluding hydrogens is 709 g/mol. The topological polar surface area (TPSA) is 157 Å². The number of carbonyl (C=O) groups is 4. The minimum absolute atomic E-state index is 0. The van der Waals surface area contributed by atoms with Crippen LogP contribution in [0.1, 0.15) is 74.8 Å². The fourth-order valence-corrected chi connectivity index (χ4v) is 3.78. The Hall–Kier alpha value is -0.117. The molecule has 3 aromatic rings. The maximum Gasteiger partial charge on any atom is 1.00 e. The van der Waals surface area contributed by atoms with Crippen molar-refractivity contribution in [1.82, 2.24) is 9.61 Å². The molecule has 7 rings (SSSR count). The molecule has 0 radical (unpaired) electrons. The van der Waals surface area contributed by atoms with Crippen LogP contribution < -0.4 is 143 Å². The molecule has 0 atom stereocenters. The van der Waals surface area contributed by atoms with Crippen LogP contribution in [0.25, 0.3) is 5.52 Å². The monoisotopic (exact) mass is 742 g/mol. The summed E-state index contributed by atoms with van der Waals surface area (Å²) in [6, 6.07) is 11.6. The number of esters is 2. The van der Waals surface area contributed by atoms with E-state index >= 15 is 0 Å². The average Bonchev–Trinajstić information content (AvgIpc) is 3.80. The van der Waals surface area contributed by atoms with Crippen molar-refractivity contribution in [3.05, 3.63) is 66.2 Å². The zero-order valence-corrected chi connectivity index (χ0v) is 32.3. The van der Waals surface area contributed by atoms with E-state index in [1.807, 2.05) is 47.1 Å². The van der Waals surface area contributed by atoms with E-state index in [0.717, 1.165) is 55.3 Å². The number of ether oxygens (including phenoxy) is 1. The molecule has 4 fully saturated rings. The summed E-state index contributed by atoms with van der Waals surface area (Å²) in [7, 11) is 0. The van der Waals surface area contributed by atoms with E-state index in [2.05, 4.69) is 14.7 Å². The number of carbonyl (C=O) groups excluding carboxylic acids is 4. The zero-order valence-electron chi connectivity index (χ0n) is 24.9. The molecule has 3 heterocycles. The molecule has 0 bridgehead atoms. The number of nitrogen functional groups attached to an aromatic ring is 1. The second-order valence-corrected chi connectivity index (χ2v) is 10.0. The second-order valence-electron chi connectivity index (χ2n) is 10.0. The van der Waals surface area contributed by atoms with Gasteiger partial charge in [-0.1, -0.05) is 16.8 Å².